The van der Waals surface area contributed by atoms with E-state index in [9.17, 15) is 4.79 Å². The molecule has 0 radical (unpaired) electrons. The molecule has 6 heteroatoms. The normalized spacial score (nSPS) is 10.6. The van der Waals surface area contributed by atoms with Gasteiger partial charge >= 0.3 is 0 Å². The molecule has 0 saturated heterocycles. The standard InChI is InChI=1S/C15H11BrN2O2S/c1-9-4-5-10(16)7-11(9)17-14(19)12-8-21-15(18-12)13-3-2-6-20-13/h2-8H,1H3,(H,17,19). The Morgan fingerprint density at radius 1 is 1.38 bits per heavy atom. The number of carbonyl (C=O) groups excluding carboxylic acids is 1. The van der Waals surface area contributed by atoms with Crippen molar-refractivity contribution in [1.29, 1.82) is 0 Å². The highest BCUT2D eigenvalue weighted by Gasteiger charge is 2.14. The van der Waals surface area contributed by atoms with Gasteiger partial charge in [0.2, 0.25) is 0 Å². The molecule has 2 heterocycles. The fourth-order valence-corrected chi connectivity index (χ4v) is 2.93. The van der Waals surface area contributed by atoms with Crippen molar-refractivity contribution in [3.8, 4) is 10.8 Å². The van der Waals surface area contributed by atoms with E-state index in [2.05, 4.69) is 26.2 Å². The summed E-state index contributed by atoms with van der Waals surface area (Å²) < 4.78 is 6.19. The average Bonchev–Trinajstić information content (AvgIpc) is 3.12. The lowest BCUT2D eigenvalue weighted by molar-refractivity contribution is 0.102. The van der Waals surface area contributed by atoms with Crippen molar-refractivity contribution >= 4 is 38.9 Å². The highest BCUT2D eigenvalue weighted by Crippen LogP contribution is 2.25. The number of nitrogens with one attached hydrogen (secondary N) is 1. The summed E-state index contributed by atoms with van der Waals surface area (Å²) in [5.74, 6) is 0.433. The Kier molecular flexibility index (Phi) is 3.90. The zero-order chi connectivity index (χ0) is 14.8. The molecule has 1 N–H and O–H groups in total. The first-order valence-corrected chi connectivity index (χ1v) is 7.87. The van der Waals surface area contributed by atoms with E-state index in [4.69, 9.17) is 4.42 Å². The van der Waals surface area contributed by atoms with Crippen molar-refractivity contribution in [2.75, 3.05) is 5.32 Å². The van der Waals surface area contributed by atoms with Crippen molar-refractivity contribution in [3.05, 3.63) is 57.7 Å². The molecule has 2 aromatic heterocycles. The van der Waals surface area contributed by atoms with Gasteiger partial charge in [-0.15, -0.1) is 11.3 Å². The maximum absolute atomic E-state index is 12.2. The predicted octanol–water partition coefficient (Wildman–Crippen LogP) is 4.73. The van der Waals surface area contributed by atoms with Crippen molar-refractivity contribution in [2.45, 2.75) is 6.92 Å². The van der Waals surface area contributed by atoms with Crippen molar-refractivity contribution in [1.82, 2.24) is 4.98 Å². The van der Waals surface area contributed by atoms with Gasteiger partial charge in [-0.1, -0.05) is 22.0 Å². The van der Waals surface area contributed by atoms with E-state index < -0.39 is 0 Å². The minimum Gasteiger partial charge on any atom is -0.462 e. The number of thiazole rings is 1. The second-order valence-corrected chi connectivity index (χ2v) is 6.20. The number of halogens is 1. The summed E-state index contributed by atoms with van der Waals surface area (Å²) in [5, 5.41) is 5.28. The Balaban J connectivity index is 1.81. The number of carbonyl (C=O) groups is 1. The number of anilines is 1. The van der Waals surface area contributed by atoms with Crippen molar-refractivity contribution < 1.29 is 9.21 Å². The van der Waals surface area contributed by atoms with Crippen LogP contribution in [0.3, 0.4) is 0 Å². The van der Waals surface area contributed by atoms with Gasteiger partial charge < -0.3 is 9.73 Å². The van der Waals surface area contributed by atoms with Crippen LogP contribution < -0.4 is 5.32 Å². The third-order valence-corrected chi connectivity index (χ3v) is 4.27. The van der Waals surface area contributed by atoms with Gasteiger partial charge in [0.05, 0.1) is 6.26 Å². The fraction of sp³-hybridized carbons (Fsp3) is 0.0667. The van der Waals surface area contributed by atoms with Gasteiger partial charge in [0, 0.05) is 15.5 Å². The van der Waals surface area contributed by atoms with E-state index in [1.807, 2.05) is 31.2 Å². The fourth-order valence-electron chi connectivity index (χ4n) is 1.81. The molecule has 0 aliphatic carbocycles. The summed E-state index contributed by atoms with van der Waals surface area (Å²) in [4.78, 5) is 16.5. The Morgan fingerprint density at radius 2 is 2.24 bits per heavy atom. The number of benzene rings is 1. The van der Waals surface area contributed by atoms with E-state index in [0.29, 0.717) is 16.5 Å². The lowest BCUT2D eigenvalue weighted by Gasteiger charge is -2.07. The Bertz CT molecular complexity index is 781. The number of hydrogen-bond acceptors (Lipinski definition) is 4. The molecule has 0 aliphatic rings. The molecular formula is C15H11BrN2O2S. The maximum atomic E-state index is 12.2. The van der Waals surface area contributed by atoms with Gasteiger partial charge in [0.1, 0.15) is 5.69 Å². The Hall–Kier alpha value is -1.92. The smallest absolute Gasteiger partial charge is 0.275 e. The third kappa shape index (κ3) is 3.06. The van der Waals surface area contributed by atoms with E-state index in [0.717, 1.165) is 15.7 Å². The summed E-state index contributed by atoms with van der Waals surface area (Å²) in [6.45, 7) is 1.94. The molecule has 4 nitrogen and oxygen atoms in total. The molecule has 0 atom stereocenters. The molecule has 21 heavy (non-hydrogen) atoms. The van der Waals surface area contributed by atoms with Crippen LogP contribution in [0.2, 0.25) is 0 Å². The van der Waals surface area contributed by atoms with E-state index in [1.54, 1.807) is 17.7 Å². The lowest BCUT2D eigenvalue weighted by atomic mass is 10.2. The van der Waals surface area contributed by atoms with E-state index >= 15 is 0 Å². The van der Waals surface area contributed by atoms with Crippen molar-refractivity contribution in [3.63, 3.8) is 0 Å². The molecule has 0 bridgehead atoms. The molecule has 0 saturated carbocycles. The molecule has 3 aromatic rings. The number of nitrogens with zero attached hydrogens (tertiary/aromatic N) is 1. The molecule has 1 amide bonds. The van der Waals surface area contributed by atoms with Gasteiger partial charge in [0.15, 0.2) is 10.8 Å². The second-order valence-electron chi connectivity index (χ2n) is 4.43. The Labute approximate surface area is 134 Å². The number of aryl methyl sites for hydroxylation is 1. The van der Waals surface area contributed by atoms with Gasteiger partial charge in [-0.05, 0) is 36.8 Å². The summed E-state index contributed by atoms with van der Waals surface area (Å²) in [6.07, 6.45) is 1.58. The van der Waals surface area contributed by atoms with Crippen LogP contribution >= 0.6 is 27.3 Å². The first kappa shape index (κ1) is 14.0. The number of hydrogen-bond donors (Lipinski definition) is 1. The minimum absolute atomic E-state index is 0.231. The van der Waals surface area contributed by atoms with Gasteiger partial charge in [-0.2, -0.15) is 0 Å². The third-order valence-electron chi connectivity index (χ3n) is 2.92. The minimum atomic E-state index is -0.231. The first-order valence-electron chi connectivity index (χ1n) is 6.20. The number of aromatic nitrogens is 1. The number of amides is 1. The van der Waals surface area contributed by atoms with Gasteiger partial charge in [-0.25, -0.2) is 4.98 Å². The SMILES string of the molecule is Cc1ccc(Br)cc1NC(=O)c1csc(-c2ccco2)n1. The van der Waals surface area contributed by atoms with E-state index in [-0.39, 0.29) is 5.91 Å². The number of rotatable bonds is 3. The summed E-state index contributed by atoms with van der Waals surface area (Å²) in [6, 6.07) is 9.35. The van der Waals surface area contributed by atoms with Crippen LogP contribution in [0.1, 0.15) is 16.1 Å². The van der Waals surface area contributed by atoms with E-state index in [1.165, 1.54) is 11.3 Å². The predicted molar refractivity (Wildman–Crippen MR) is 86.6 cm³/mol. The van der Waals surface area contributed by atoms with Gasteiger partial charge in [0.25, 0.3) is 5.91 Å². The summed E-state index contributed by atoms with van der Waals surface area (Å²) in [7, 11) is 0. The topological polar surface area (TPSA) is 55.1 Å². The molecule has 0 fully saturated rings. The van der Waals surface area contributed by atoms with Crippen LogP contribution in [0, 0.1) is 6.92 Å². The molecule has 106 valence electrons. The molecule has 0 unspecified atom stereocenters. The molecule has 3 rings (SSSR count). The molecule has 0 spiro atoms. The Morgan fingerprint density at radius 3 is 3.00 bits per heavy atom. The maximum Gasteiger partial charge on any atom is 0.275 e. The monoisotopic (exact) mass is 362 g/mol. The number of furan rings is 1. The molecule has 1 aromatic carbocycles. The van der Waals surface area contributed by atoms with Crippen LogP contribution in [-0.2, 0) is 0 Å². The van der Waals surface area contributed by atoms with Crippen molar-refractivity contribution in [2.24, 2.45) is 0 Å². The first-order chi connectivity index (χ1) is 10.1. The largest absolute Gasteiger partial charge is 0.462 e. The quantitative estimate of drug-likeness (QED) is 0.732. The van der Waals surface area contributed by atoms with Crippen LogP contribution in [0.25, 0.3) is 10.8 Å². The molecular weight excluding hydrogens is 352 g/mol. The van der Waals surface area contributed by atoms with Crippen LogP contribution in [0.4, 0.5) is 5.69 Å². The summed E-state index contributed by atoms with van der Waals surface area (Å²) >= 11 is 4.77. The van der Waals surface area contributed by atoms with Crippen LogP contribution in [-0.4, -0.2) is 10.9 Å². The average molecular weight is 363 g/mol. The lowest BCUT2D eigenvalue weighted by Crippen LogP contribution is -2.13. The highest BCUT2D eigenvalue weighted by molar-refractivity contribution is 9.10. The molecule has 0 aliphatic heterocycles. The van der Waals surface area contributed by atoms with Gasteiger partial charge in [-0.3, -0.25) is 4.79 Å². The zero-order valence-electron chi connectivity index (χ0n) is 11.1. The zero-order valence-corrected chi connectivity index (χ0v) is 13.5. The van der Waals surface area contributed by atoms with Crippen LogP contribution in [0.15, 0.2) is 50.9 Å². The second kappa shape index (κ2) is 5.83. The summed E-state index contributed by atoms with van der Waals surface area (Å²) in [5.41, 5.74) is 2.14. The highest BCUT2D eigenvalue weighted by atomic mass is 79.9. The van der Waals surface area contributed by atoms with Crippen LogP contribution in [0.5, 0.6) is 0 Å².